The van der Waals surface area contributed by atoms with E-state index in [0.29, 0.717) is 24.5 Å². The van der Waals surface area contributed by atoms with E-state index < -0.39 is 15.8 Å². The van der Waals surface area contributed by atoms with Gasteiger partial charge in [0.2, 0.25) is 0 Å². The zero-order valence-corrected chi connectivity index (χ0v) is 12.9. The zero-order chi connectivity index (χ0) is 15.1. The number of sulfone groups is 1. The van der Waals surface area contributed by atoms with E-state index in [2.05, 4.69) is 6.92 Å². The van der Waals surface area contributed by atoms with E-state index in [9.17, 15) is 13.2 Å². The monoisotopic (exact) mass is 299 g/mol. The van der Waals surface area contributed by atoms with Gasteiger partial charge in [-0.15, -0.1) is 0 Å². The van der Waals surface area contributed by atoms with Crippen LogP contribution in [-0.4, -0.2) is 29.3 Å². The van der Waals surface area contributed by atoms with Crippen molar-refractivity contribution in [3.63, 3.8) is 0 Å². The highest BCUT2D eigenvalue weighted by atomic mass is 32.2. The van der Waals surface area contributed by atoms with Crippen LogP contribution < -0.4 is 0 Å². The van der Waals surface area contributed by atoms with Crippen LogP contribution in [0.5, 0.6) is 0 Å². The molecular formula is C14H21NO4S. The minimum Gasteiger partial charge on any atom is -0.477 e. The molecule has 0 aromatic carbocycles. The lowest BCUT2D eigenvalue weighted by atomic mass is 9.91. The molecule has 1 aromatic rings. The molecule has 1 saturated carbocycles. The first-order chi connectivity index (χ1) is 9.25. The fourth-order valence-electron chi connectivity index (χ4n) is 2.88. The molecule has 0 saturated heterocycles. The van der Waals surface area contributed by atoms with Crippen molar-refractivity contribution in [1.82, 2.24) is 4.57 Å². The predicted molar refractivity (Wildman–Crippen MR) is 75.7 cm³/mol. The van der Waals surface area contributed by atoms with Crippen molar-refractivity contribution in [3.05, 3.63) is 17.5 Å². The average Bonchev–Trinajstić information content (AvgIpc) is 2.67. The van der Waals surface area contributed by atoms with E-state index in [1.807, 2.05) is 0 Å². The standard InChI is InChI=1S/C14H21NO4S/c1-9-4-6-11(7-5-9)20(18,19)13-8-12(14(16)17)15(3)10(13)2/h8-9,11H,4-7H2,1-3H3,(H,16,17). The van der Waals surface area contributed by atoms with Gasteiger partial charge in [-0.2, -0.15) is 0 Å². The van der Waals surface area contributed by atoms with Crippen LogP contribution in [0.3, 0.4) is 0 Å². The van der Waals surface area contributed by atoms with Crippen LogP contribution in [0.4, 0.5) is 0 Å². The second-order valence-electron chi connectivity index (χ2n) is 5.77. The summed E-state index contributed by atoms with van der Waals surface area (Å²) in [5.41, 5.74) is 0.520. The number of aromatic nitrogens is 1. The van der Waals surface area contributed by atoms with E-state index in [-0.39, 0.29) is 15.8 Å². The van der Waals surface area contributed by atoms with Crippen molar-refractivity contribution in [2.45, 2.75) is 49.7 Å². The Morgan fingerprint density at radius 1 is 1.30 bits per heavy atom. The number of hydrogen-bond acceptors (Lipinski definition) is 3. The average molecular weight is 299 g/mol. The minimum atomic E-state index is -3.44. The first-order valence-corrected chi connectivity index (χ1v) is 8.43. The van der Waals surface area contributed by atoms with Gasteiger partial charge in [-0.05, 0) is 44.6 Å². The van der Waals surface area contributed by atoms with E-state index in [1.165, 1.54) is 10.6 Å². The Morgan fingerprint density at radius 2 is 1.85 bits per heavy atom. The molecule has 1 aliphatic carbocycles. The molecule has 5 nitrogen and oxygen atoms in total. The van der Waals surface area contributed by atoms with Gasteiger partial charge in [0.05, 0.1) is 10.1 Å². The Hall–Kier alpha value is -1.30. The molecular weight excluding hydrogens is 278 g/mol. The Bertz CT molecular complexity index is 622. The van der Waals surface area contributed by atoms with Gasteiger partial charge in [0.1, 0.15) is 5.69 Å². The largest absolute Gasteiger partial charge is 0.477 e. The van der Waals surface area contributed by atoms with Gasteiger partial charge in [0.25, 0.3) is 0 Å². The maximum Gasteiger partial charge on any atom is 0.352 e. The van der Waals surface area contributed by atoms with Gasteiger partial charge in [-0.25, -0.2) is 13.2 Å². The number of carbonyl (C=O) groups is 1. The van der Waals surface area contributed by atoms with Crippen molar-refractivity contribution >= 4 is 15.8 Å². The third-order valence-electron chi connectivity index (χ3n) is 4.42. The van der Waals surface area contributed by atoms with Crippen LogP contribution in [-0.2, 0) is 16.9 Å². The van der Waals surface area contributed by atoms with Crippen molar-refractivity contribution in [2.75, 3.05) is 0 Å². The van der Waals surface area contributed by atoms with Crippen LogP contribution in [0.2, 0.25) is 0 Å². The Morgan fingerprint density at radius 3 is 2.30 bits per heavy atom. The maximum atomic E-state index is 12.7. The highest BCUT2D eigenvalue weighted by Gasteiger charge is 2.34. The smallest absolute Gasteiger partial charge is 0.352 e. The summed E-state index contributed by atoms with van der Waals surface area (Å²) in [5, 5.41) is 8.72. The SMILES string of the molecule is Cc1c(S(=O)(=O)C2CCC(C)CC2)cc(C(=O)O)n1C. The zero-order valence-electron chi connectivity index (χ0n) is 12.1. The van der Waals surface area contributed by atoms with Crippen LogP contribution in [0.25, 0.3) is 0 Å². The molecule has 2 rings (SSSR count). The van der Waals surface area contributed by atoms with Crippen LogP contribution >= 0.6 is 0 Å². The number of hydrogen-bond donors (Lipinski definition) is 1. The predicted octanol–water partition coefficient (Wildman–Crippen LogP) is 2.38. The fourth-order valence-corrected chi connectivity index (χ4v) is 4.96. The number of carboxylic acid groups (broad SMARTS) is 1. The fraction of sp³-hybridized carbons (Fsp3) is 0.643. The number of aromatic carboxylic acids is 1. The summed E-state index contributed by atoms with van der Waals surface area (Å²) in [6.45, 7) is 3.80. The second-order valence-corrected chi connectivity index (χ2v) is 7.97. The molecule has 0 unspecified atom stereocenters. The number of rotatable bonds is 3. The molecule has 20 heavy (non-hydrogen) atoms. The summed E-state index contributed by atoms with van der Waals surface area (Å²) in [6.07, 6.45) is 3.17. The van der Waals surface area contributed by atoms with Crippen molar-refractivity contribution in [2.24, 2.45) is 13.0 Å². The van der Waals surface area contributed by atoms with Gasteiger partial charge < -0.3 is 9.67 Å². The van der Waals surface area contributed by atoms with Gasteiger partial charge >= 0.3 is 5.97 Å². The Balaban J connectivity index is 2.40. The first kappa shape index (κ1) is 15.1. The molecule has 1 fully saturated rings. The molecule has 1 heterocycles. The van der Waals surface area contributed by atoms with E-state index >= 15 is 0 Å². The third kappa shape index (κ3) is 2.49. The summed E-state index contributed by atoms with van der Waals surface area (Å²) in [5.74, 6) is -0.526. The molecule has 112 valence electrons. The molecule has 6 heteroatoms. The molecule has 0 bridgehead atoms. The van der Waals surface area contributed by atoms with E-state index in [4.69, 9.17) is 5.11 Å². The van der Waals surface area contributed by atoms with E-state index in [1.54, 1.807) is 14.0 Å². The number of carboxylic acids is 1. The van der Waals surface area contributed by atoms with Crippen LogP contribution in [0, 0.1) is 12.8 Å². The lowest BCUT2D eigenvalue weighted by Crippen LogP contribution is -2.26. The summed E-state index contributed by atoms with van der Waals surface area (Å²) < 4.78 is 26.8. The molecule has 0 amide bonds. The summed E-state index contributed by atoms with van der Waals surface area (Å²) >= 11 is 0. The number of nitrogens with zero attached hydrogens (tertiary/aromatic N) is 1. The quantitative estimate of drug-likeness (QED) is 0.929. The van der Waals surface area contributed by atoms with Crippen molar-refractivity contribution in [1.29, 1.82) is 0 Å². The molecule has 0 aliphatic heterocycles. The maximum absolute atomic E-state index is 12.7. The third-order valence-corrected chi connectivity index (χ3v) is 6.79. The summed E-state index contributed by atoms with van der Waals surface area (Å²) in [7, 11) is -1.85. The van der Waals surface area contributed by atoms with Crippen molar-refractivity contribution < 1.29 is 18.3 Å². The van der Waals surface area contributed by atoms with Crippen molar-refractivity contribution in [3.8, 4) is 0 Å². The van der Waals surface area contributed by atoms with Gasteiger partial charge in [0.15, 0.2) is 9.84 Å². The lowest BCUT2D eigenvalue weighted by Gasteiger charge is -2.25. The van der Waals surface area contributed by atoms with Gasteiger partial charge in [0, 0.05) is 12.7 Å². The topological polar surface area (TPSA) is 76.4 Å². The molecule has 1 aromatic heterocycles. The molecule has 1 N–H and O–H groups in total. The second kappa shape index (κ2) is 5.24. The highest BCUT2D eigenvalue weighted by molar-refractivity contribution is 7.92. The Kier molecular flexibility index (Phi) is 3.95. The summed E-state index contributed by atoms with van der Waals surface area (Å²) in [4.78, 5) is 11.3. The minimum absolute atomic E-state index is 0.0188. The Labute approximate surface area is 119 Å². The van der Waals surface area contributed by atoms with Gasteiger partial charge in [-0.3, -0.25) is 0 Å². The summed E-state index contributed by atoms with van der Waals surface area (Å²) in [6, 6.07) is 1.30. The molecule has 0 spiro atoms. The van der Waals surface area contributed by atoms with Crippen LogP contribution in [0.1, 0.15) is 48.8 Å². The normalized spacial score (nSPS) is 23.8. The van der Waals surface area contributed by atoms with Crippen LogP contribution in [0.15, 0.2) is 11.0 Å². The lowest BCUT2D eigenvalue weighted by molar-refractivity contribution is 0.0686. The molecule has 1 aliphatic rings. The molecule has 0 radical (unpaired) electrons. The first-order valence-electron chi connectivity index (χ1n) is 6.88. The highest BCUT2D eigenvalue weighted by Crippen LogP contribution is 2.33. The van der Waals surface area contributed by atoms with E-state index in [0.717, 1.165) is 12.8 Å². The molecule has 0 atom stereocenters. The van der Waals surface area contributed by atoms with Gasteiger partial charge in [-0.1, -0.05) is 6.92 Å².